The van der Waals surface area contributed by atoms with Crippen molar-refractivity contribution in [2.24, 2.45) is 0 Å². The molecular formula is C20H19NOS. The molecule has 3 aromatic rings. The number of hydrogen-bond acceptors (Lipinski definition) is 2. The molecule has 3 rings (SSSR count). The summed E-state index contributed by atoms with van der Waals surface area (Å²) in [6, 6.07) is 22.6. The van der Waals surface area contributed by atoms with Gasteiger partial charge in [-0.2, -0.15) is 0 Å². The summed E-state index contributed by atoms with van der Waals surface area (Å²) in [6.07, 6.45) is 3.28. The van der Waals surface area contributed by atoms with Gasteiger partial charge >= 0.3 is 0 Å². The molecule has 0 saturated heterocycles. The first-order valence-electron chi connectivity index (χ1n) is 7.66. The van der Waals surface area contributed by atoms with Crippen LogP contribution in [0, 0.1) is 0 Å². The molecule has 1 amide bonds. The van der Waals surface area contributed by atoms with Gasteiger partial charge in [-0.15, -0.1) is 11.8 Å². The topological polar surface area (TPSA) is 29.1 Å². The molecule has 0 spiro atoms. The Morgan fingerprint density at radius 3 is 2.43 bits per heavy atom. The number of benzene rings is 3. The largest absolute Gasteiger partial charge is 0.326 e. The summed E-state index contributed by atoms with van der Waals surface area (Å²) in [5.74, 6) is 0.0510. The van der Waals surface area contributed by atoms with Gasteiger partial charge < -0.3 is 5.32 Å². The molecule has 0 bridgehead atoms. The summed E-state index contributed by atoms with van der Waals surface area (Å²) in [4.78, 5) is 13.3. The van der Waals surface area contributed by atoms with Gasteiger partial charge in [0.05, 0.1) is 0 Å². The second kappa shape index (κ2) is 7.34. The van der Waals surface area contributed by atoms with Crippen LogP contribution in [0.15, 0.2) is 71.6 Å². The monoisotopic (exact) mass is 321 g/mol. The van der Waals surface area contributed by atoms with Crippen LogP contribution in [0.2, 0.25) is 0 Å². The molecule has 3 aromatic carbocycles. The lowest BCUT2D eigenvalue weighted by molar-refractivity contribution is -0.116. The number of amides is 1. The van der Waals surface area contributed by atoms with Crippen LogP contribution in [0.1, 0.15) is 12.0 Å². The van der Waals surface area contributed by atoms with Crippen LogP contribution in [0.5, 0.6) is 0 Å². The van der Waals surface area contributed by atoms with Crippen molar-refractivity contribution in [3.8, 4) is 0 Å². The van der Waals surface area contributed by atoms with Crippen molar-refractivity contribution in [1.82, 2.24) is 0 Å². The van der Waals surface area contributed by atoms with E-state index in [0.717, 1.165) is 12.1 Å². The van der Waals surface area contributed by atoms with Crippen molar-refractivity contribution >= 4 is 34.1 Å². The molecule has 0 aliphatic rings. The lowest BCUT2D eigenvalue weighted by atomic mass is 10.0. The fourth-order valence-corrected chi connectivity index (χ4v) is 2.96. The van der Waals surface area contributed by atoms with Crippen molar-refractivity contribution in [2.45, 2.75) is 17.7 Å². The van der Waals surface area contributed by atoms with E-state index in [-0.39, 0.29) is 5.91 Å². The lowest BCUT2D eigenvalue weighted by Gasteiger charge is -2.07. The van der Waals surface area contributed by atoms with Crippen LogP contribution < -0.4 is 5.32 Å². The van der Waals surface area contributed by atoms with Gasteiger partial charge in [-0.05, 0) is 53.3 Å². The summed E-state index contributed by atoms with van der Waals surface area (Å²) < 4.78 is 0. The highest BCUT2D eigenvalue weighted by molar-refractivity contribution is 7.98. The van der Waals surface area contributed by atoms with Gasteiger partial charge in [0.25, 0.3) is 0 Å². The minimum absolute atomic E-state index is 0.0510. The molecule has 2 nitrogen and oxygen atoms in total. The molecule has 23 heavy (non-hydrogen) atoms. The Hall–Kier alpha value is -2.26. The SMILES string of the molecule is CSc1ccc(NC(=O)CCc2ccc3ccccc3c2)cc1. The minimum atomic E-state index is 0.0510. The summed E-state index contributed by atoms with van der Waals surface area (Å²) in [5, 5.41) is 5.40. The standard InChI is InChI=1S/C20H19NOS/c1-23-19-11-9-18(10-12-19)21-20(22)13-7-15-6-8-16-4-2-3-5-17(16)14-15/h2-6,8-12,14H,7,13H2,1H3,(H,21,22). The number of carbonyl (C=O) groups excluding carboxylic acids is 1. The predicted molar refractivity (Wildman–Crippen MR) is 99.1 cm³/mol. The molecule has 0 fully saturated rings. The molecule has 0 atom stereocenters. The molecule has 0 aliphatic heterocycles. The molecule has 0 radical (unpaired) electrons. The third-order valence-corrected chi connectivity index (χ3v) is 4.57. The first-order valence-corrected chi connectivity index (χ1v) is 8.89. The average molecular weight is 321 g/mol. The third-order valence-electron chi connectivity index (χ3n) is 3.83. The maximum atomic E-state index is 12.1. The van der Waals surface area contributed by atoms with Crippen LogP contribution in [-0.2, 0) is 11.2 Å². The number of carbonyl (C=O) groups is 1. The number of hydrogen-bond donors (Lipinski definition) is 1. The Morgan fingerprint density at radius 2 is 1.70 bits per heavy atom. The number of fused-ring (bicyclic) bond motifs is 1. The predicted octanol–water partition coefficient (Wildman–Crippen LogP) is 5.13. The molecule has 3 heteroatoms. The first-order chi connectivity index (χ1) is 11.2. The van der Waals surface area contributed by atoms with E-state index >= 15 is 0 Å². The van der Waals surface area contributed by atoms with Gasteiger partial charge in [-0.3, -0.25) is 4.79 Å². The van der Waals surface area contributed by atoms with Crippen LogP contribution in [0.4, 0.5) is 5.69 Å². The highest BCUT2D eigenvalue weighted by Gasteiger charge is 2.04. The van der Waals surface area contributed by atoms with Crippen LogP contribution in [0.3, 0.4) is 0 Å². The molecule has 0 aliphatic carbocycles. The zero-order valence-electron chi connectivity index (χ0n) is 13.1. The van der Waals surface area contributed by atoms with Gasteiger partial charge in [0.15, 0.2) is 0 Å². The number of aryl methyl sites for hydroxylation is 1. The second-order valence-electron chi connectivity index (χ2n) is 5.46. The normalized spacial score (nSPS) is 10.7. The Kier molecular flexibility index (Phi) is 4.99. The van der Waals surface area contributed by atoms with E-state index in [0.29, 0.717) is 6.42 Å². The van der Waals surface area contributed by atoms with Crippen LogP contribution in [-0.4, -0.2) is 12.2 Å². The van der Waals surface area contributed by atoms with Crippen molar-refractivity contribution < 1.29 is 4.79 Å². The van der Waals surface area contributed by atoms with Gasteiger partial charge in [0, 0.05) is 17.0 Å². The lowest BCUT2D eigenvalue weighted by Crippen LogP contribution is -2.12. The highest BCUT2D eigenvalue weighted by Crippen LogP contribution is 2.19. The van der Waals surface area contributed by atoms with Crippen LogP contribution >= 0.6 is 11.8 Å². The zero-order chi connectivity index (χ0) is 16.1. The van der Waals surface area contributed by atoms with Gasteiger partial charge in [0.1, 0.15) is 0 Å². The Bertz CT molecular complexity index is 811. The van der Waals surface area contributed by atoms with Gasteiger partial charge in [0.2, 0.25) is 5.91 Å². The quantitative estimate of drug-likeness (QED) is 0.660. The summed E-state index contributed by atoms with van der Waals surface area (Å²) in [7, 11) is 0. The van der Waals surface area contributed by atoms with Crippen molar-refractivity contribution in [3.63, 3.8) is 0 Å². The molecule has 0 unspecified atom stereocenters. The first kappa shape index (κ1) is 15.6. The maximum Gasteiger partial charge on any atom is 0.224 e. The van der Waals surface area contributed by atoms with E-state index < -0.39 is 0 Å². The fourth-order valence-electron chi connectivity index (χ4n) is 2.55. The van der Waals surface area contributed by atoms with Crippen molar-refractivity contribution in [3.05, 3.63) is 72.3 Å². The molecular weight excluding hydrogens is 302 g/mol. The van der Waals surface area contributed by atoms with Crippen LogP contribution in [0.25, 0.3) is 10.8 Å². The fraction of sp³-hybridized carbons (Fsp3) is 0.150. The van der Waals surface area contributed by atoms with Crippen molar-refractivity contribution in [2.75, 3.05) is 11.6 Å². The van der Waals surface area contributed by atoms with E-state index in [4.69, 9.17) is 0 Å². The molecule has 116 valence electrons. The maximum absolute atomic E-state index is 12.1. The number of nitrogens with one attached hydrogen (secondary N) is 1. The van der Waals surface area contributed by atoms with E-state index in [9.17, 15) is 4.79 Å². The van der Waals surface area contributed by atoms with E-state index in [1.807, 2.05) is 42.7 Å². The molecule has 0 saturated carbocycles. The molecule has 0 aromatic heterocycles. The van der Waals surface area contributed by atoms with Gasteiger partial charge in [-0.25, -0.2) is 0 Å². The Morgan fingerprint density at radius 1 is 0.957 bits per heavy atom. The highest BCUT2D eigenvalue weighted by atomic mass is 32.2. The van der Waals surface area contributed by atoms with Crippen molar-refractivity contribution in [1.29, 1.82) is 0 Å². The van der Waals surface area contributed by atoms with E-state index in [2.05, 4.69) is 35.6 Å². The van der Waals surface area contributed by atoms with E-state index in [1.165, 1.54) is 21.2 Å². The number of rotatable bonds is 5. The number of thioether (sulfide) groups is 1. The smallest absolute Gasteiger partial charge is 0.224 e. The minimum Gasteiger partial charge on any atom is -0.326 e. The Balaban J connectivity index is 1.58. The molecule has 1 N–H and O–H groups in total. The average Bonchev–Trinajstić information content (AvgIpc) is 2.60. The summed E-state index contributed by atoms with van der Waals surface area (Å²) >= 11 is 1.69. The Labute approximate surface area is 140 Å². The molecule has 0 heterocycles. The summed E-state index contributed by atoms with van der Waals surface area (Å²) in [6.45, 7) is 0. The number of anilines is 1. The zero-order valence-corrected chi connectivity index (χ0v) is 13.9. The third kappa shape index (κ3) is 4.14. The second-order valence-corrected chi connectivity index (χ2v) is 6.34. The van der Waals surface area contributed by atoms with E-state index in [1.54, 1.807) is 11.8 Å². The summed E-state index contributed by atoms with van der Waals surface area (Å²) in [5.41, 5.74) is 2.04. The van der Waals surface area contributed by atoms with Gasteiger partial charge in [-0.1, -0.05) is 42.5 Å².